The van der Waals surface area contributed by atoms with E-state index in [1.165, 1.54) is 16.7 Å². The van der Waals surface area contributed by atoms with Crippen LogP contribution in [0.1, 0.15) is 35.2 Å². The fraction of sp³-hybridized carbons (Fsp3) is 0.294. The lowest BCUT2D eigenvalue weighted by molar-refractivity contribution is 0.229. The molecule has 1 aliphatic rings. The second kappa shape index (κ2) is 5.68. The fourth-order valence-electron chi connectivity index (χ4n) is 3.05. The Morgan fingerprint density at radius 3 is 2.45 bits per heavy atom. The molecule has 3 rings (SSSR count). The zero-order chi connectivity index (χ0) is 14.1. The topological polar surface area (TPSA) is 29.3 Å². The smallest absolute Gasteiger partial charge is 0.0369 e. The average molecular weight is 331 g/mol. The lowest BCUT2D eigenvalue weighted by atomic mass is 10.1. The Balaban J connectivity index is 1.78. The number of rotatable bonds is 3. The molecule has 2 unspecified atom stereocenters. The molecule has 0 amide bonds. The van der Waals surface area contributed by atoms with Gasteiger partial charge in [0.15, 0.2) is 0 Å². The molecule has 2 aromatic carbocycles. The summed E-state index contributed by atoms with van der Waals surface area (Å²) in [6.07, 6.45) is 1.01. The van der Waals surface area contributed by atoms with E-state index < -0.39 is 0 Å². The van der Waals surface area contributed by atoms with Crippen molar-refractivity contribution in [2.75, 3.05) is 7.05 Å². The van der Waals surface area contributed by atoms with Crippen molar-refractivity contribution in [3.63, 3.8) is 0 Å². The number of nitrogens with two attached hydrogens (primary N) is 1. The number of halogens is 1. The van der Waals surface area contributed by atoms with Crippen LogP contribution in [0.5, 0.6) is 0 Å². The number of hydrogen-bond donors (Lipinski definition) is 1. The van der Waals surface area contributed by atoms with E-state index in [1.807, 2.05) is 0 Å². The van der Waals surface area contributed by atoms with Gasteiger partial charge in [-0.25, -0.2) is 0 Å². The minimum atomic E-state index is 0.170. The predicted molar refractivity (Wildman–Crippen MR) is 86.3 cm³/mol. The van der Waals surface area contributed by atoms with Crippen molar-refractivity contribution in [1.29, 1.82) is 0 Å². The number of fused-ring (bicyclic) bond motifs is 1. The van der Waals surface area contributed by atoms with Crippen LogP contribution in [-0.2, 0) is 6.54 Å². The lowest BCUT2D eigenvalue weighted by Gasteiger charge is -2.25. The molecule has 0 fully saturated rings. The highest BCUT2D eigenvalue weighted by molar-refractivity contribution is 9.10. The second-order valence-corrected chi connectivity index (χ2v) is 6.44. The molecule has 0 radical (unpaired) electrons. The molecule has 3 heteroatoms. The standard InChI is InChI=1S/C17H19BrN2/c1-20(11-12-6-8-13(18)9-7-12)17-10-16(19)14-4-2-3-5-15(14)17/h2-9,16-17H,10-11,19H2,1H3. The van der Waals surface area contributed by atoms with Crippen LogP contribution in [0, 0.1) is 0 Å². The van der Waals surface area contributed by atoms with Crippen molar-refractivity contribution in [3.05, 3.63) is 69.7 Å². The van der Waals surface area contributed by atoms with Crippen molar-refractivity contribution in [3.8, 4) is 0 Å². The Morgan fingerprint density at radius 1 is 1.10 bits per heavy atom. The number of benzene rings is 2. The normalized spacial score (nSPS) is 21.2. The summed E-state index contributed by atoms with van der Waals surface area (Å²) in [5, 5.41) is 0. The molecule has 0 aromatic heterocycles. The first kappa shape index (κ1) is 13.8. The molecular formula is C17H19BrN2. The van der Waals surface area contributed by atoms with Crippen LogP contribution in [-0.4, -0.2) is 11.9 Å². The lowest BCUT2D eigenvalue weighted by Crippen LogP contribution is -2.23. The van der Waals surface area contributed by atoms with E-state index in [0.29, 0.717) is 6.04 Å². The maximum atomic E-state index is 6.25. The van der Waals surface area contributed by atoms with Crippen molar-refractivity contribution >= 4 is 15.9 Å². The van der Waals surface area contributed by atoms with Gasteiger partial charge in [-0.1, -0.05) is 52.3 Å². The van der Waals surface area contributed by atoms with Crippen LogP contribution in [0.3, 0.4) is 0 Å². The van der Waals surface area contributed by atoms with E-state index >= 15 is 0 Å². The first-order chi connectivity index (χ1) is 9.65. The minimum Gasteiger partial charge on any atom is -0.324 e. The Labute approximate surface area is 128 Å². The first-order valence-corrected chi connectivity index (χ1v) is 7.73. The molecule has 0 saturated heterocycles. The van der Waals surface area contributed by atoms with Gasteiger partial charge in [0.25, 0.3) is 0 Å². The van der Waals surface area contributed by atoms with Crippen LogP contribution in [0.4, 0.5) is 0 Å². The molecule has 2 N–H and O–H groups in total. The zero-order valence-corrected chi connectivity index (χ0v) is 13.2. The van der Waals surface area contributed by atoms with E-state index in [4.69, 9.17) is 5.73 Å². The summed E-state index contributed by atoms with van der Waals surface area (Å²) in [6, 6.07) is 17.7. The molecule has 0 heterocycles. The molecular weight excluding hydrogens is 312 g/mol. The van der Waals surface area contributed by atoms with Crippen molar-refractivity contribution < 1.29 is 0 Å². The van der Waals surface area contributed by atoms with Gasteiger partial charge >= 0.3 is 0 Å². The third-order valence-electron chi connectivity index (χ3n) is 4.11. The molecule has 0 aliphatic heterocycles. The maximum Gasteiger partial charge on any atom is 0.0369 e. The molecule has 104 valence electrons. The van der Waals surface area contributed by atoms with Gasteiger partial charge in [-0.2, -0.15) is 0 Å². The molecule has 0 spiro atoms. The van der Waals surface area contributed by atoms with Gasteiger partial charge in [0.2, 0.25) is 0 Å². The Bertz CT molecular complexity index is 594. The third kappa shape index (κ3) is 2.66. The third-order valence-corrected chi connectivity index (χ3v) is 4.64. The van der Waals surface area contributed by atoms with E-state index in [0.717, 1.165) is 17.4 Å². The van der Waals surface area contributed by atoms with Gasteiger partial charge < -0.3 is 5.73 Å². The van der Waals surface area contributed by atoms with Crippen LogP contribution >= 0.6 is 15.9 Å². The highest BCUT2D eigenvalue weighted by Gasteiger charge is 2.30. The predicted octanol–water partition coefficient (Wildman–Crippen LogP) is 4.03. The molecule has 2 nitrogen and oxygen atoms in total. The number of hydrogen-bond acceptors (Lipinski definition) is 2. The highest BCUT2D eigenvalue weighted by atomic mass is 79.9. The summed E-state index contributed by atoms with van der Waals surface area (Å²) >= 11 is 3.48. The Morgan fingerprint density at radius 2 is 1.75 bits per heavy atom. The monoisotopic (exact) mass is 330 g/mol. The van der Waals surface area contributed by atoms with Crippen LogP contribution in [0.2, 0.25) is 0 Å². The largest absolute Gasteiger partial charge is 0.324 e. The molecule has 20 heavy (non-hydrogen) atoms. The summed E-state index contributed by atoms with van der Waals surface area (Å²) < 4.78 is 1.12. The first-order valence-electron chi connectivity index (χ1n) is 6.94. The number of nitrogens with zero attached hydrogens (tertiary/aromatic N) is 1. The van der Waals surface area contributed by atoms with E-state index in [-0.39, 0.29) is 6.04 Å². The highest BCUT2D eigenvalue weighted by Crippen LogP contribution is 2.40. The van der Waals surface area contributed by atoms with Crippen LogP contribution < -0.4 is 5.73 Å². The fourth-order valence-corrected chi connectivity index (χ4v) is 3.32. The van der Waals surface area contributed by atoms with Gasteiger partial charge in [-0.3, -0.25) is 4.90 Å². The van der Waals surface area contributed by atoms with Gasteiger partial charge in [0.1, 0.15) is 0 Å². The average Bonchev–Trinajstić information content (AvgIpc) is 2.79. The summed E-state index contributed by atoms with van der Waals surface area (Å²) in [5.41, 5.74) is 10.3. The van der Waals surface area contributed by atoms with E-state index in [1.54, 1.807) is 0 Å². The van der Waals surface area contributed by atoms with Crippen molar-refractivity contribution in [2.24, 2.45) is 5.73 Å². The minimum absolute atomic E-state index is 0.170. The molecule has 0 saturated carbocycles. The molecule has 1 aliphatic carbocycles. The van der Waals surface area contributed by atoms with Crippen LogP contribution in [0.15, 0.2) is 53.0 Å². The zero-order valence-electron chi connectivity index (χ0n) is 11.6. The molecule has 2 aromatic rings. The summed E-state index contributed by atoms with van der Waals surface area (Å²) in [6.45, 7) is 0.943. The second-order valence-electron chi connectivity index (χ2n) is 5.53. The SMILES string of the molecule is CN(Cc1ccc(Br)cc1)C1CC(N)c2ccccc21. The Hall–Kier alpha value is -1.16. The van der Waals surface area contributed by atoms with Crippen molar-refractivity contribution in [2.45, 2.75) is 25.0 Å². The van der Waals surface area contributed by atoms with Gasteiger partial charge in [-0.05, 0) is 42.3 Å². The quantitative estimate of drug-likeness (QED) is 0.920. The summed E-state index contributed by atoms with van der Waals surface area (Å²) in [5.74, 6) is 0. The van der Waals surface area contributed by atoms with Crippen LogP contribution in [0.25, 0.3) is 0 Å². The molecule has 0 bridgehead atoms. The van der Waals surface area contributed by atoms with Gasteiger partial charge in [0.05, 0.1) is 0 Å². The molecule has 2 atom stereocenters. The van der Waals surface area contributed by atoms with Gasteiger partial charge in [-0.15, -0.1) is 0 Å². The maximum absolute atomic E-state index is 6.25. The summed E-state index contributed by atoms with van der Waals surface area (Å²) in [4.78, 5) is 2.40. The Kier molecular flexibility index (Phi) is 3.92. The van der Waals surface area contributed by atoms with Gasteiger partial charge in [0, 0.05) is 23.1 Å². The van der Waals surface area contributed by atoms with Crippen molar-refractivity contribution in [1.82, 2.24) is 4.90 Å². The van der Waals surface area contributed by atoms with E-state index in [9.17, 15) is 0 Å². The summed E-state index contributed by atoms with van der Waals surface area (Å²) in [7, 11) is 2.18. The van der Waals surface area contributed by atoms with E-state index in [2.05, 4.69) is 76.4 Å².